The SMILES string of the molecule is CC(C)[C@H](NC(=O)[C@H](CCC(=O)O)NC(=O)[C@H](C)NC(=O)CNC(=O)[C@@H](N)Cc1c[nH]c2ccccc12)C(=O)N[C@@H](CCCCN)C(=O)N[C@@H](C)C(=O)N[C@@H](CCC(=O)O)C(=O)N1CCC[C@H]1C(=O)N[C@H](C(=O)N[C@@H](CCC(=O)O)C(=O)N[C@H](C(=O)N[C@H](C(=O)N[C@@H](C)C(=O)N1CCC[C@H]1C(=O)N[C@@H](CCCNC(=N)N)C(=O)NCC(=O)N[C@@H](CCCCN)C(=O)N[C@@H](CO)C(=O)NCC(=O)O)C(C)C)C(C)C)C(C)C. The molecule has 2 aliphatic heterocycles. The molecule has 4 rings (SSSR count). The lowest BCUT2D eigenvalue weighted by molar-refractivity contribution is -0.144. The van der Waals surface area contributed by atoms with Crippen molar-refractivity contribution >= 4 is 153 Å². The fourth-order valence-electron chi connectivity index (χ4n) is 15.8. The molecule has 1 aromatic heterocycles. The number of aromatic nitrogens is 1. The third kappa shape index (κ3) is 41.8. The summed E-state index contributed by atoms with van der Waals surface area (Å²) < 4.78 is 0. The van der Waals surface area contributed by atoms with Crippen LogP contribution in [0, 0.1) is 29.1 Å². The highest BCUT2D eigenvalue weighted by Crippen LogP contribution is 2.25. The summed E-state index contributed by atoms with van der Waals surface area (Å²) in [7, 11) is 0. The van der Waals surface area contributed by atoms with E-state index >= 15 is 0 Å². The van der Waals surface area contributed by atoms with E-state index in [4.69, 9.17) is 33.5 Å². The Morgan fingerprint density at radius 3 is 1.24 bits per heavy atom. The van der Waals surface area contributed by atoms with E-state index in [9.17, 15) is 131 Å². The number of likely N-dealkylation sites (tertiary alicyclic amines) is 2. The number of carboxylic acids is 4. The van der Waals surface area contributed by atoms with Gasteiger partial charge in [-0.15, -0.1) is 0 Å². The number of nitrogens with one attached hydrogen (secondary N) is 20. The van der Waals surface area contributed by atoms with Crippen LogP contribution in [0.5, 0.6) is 0 Å². The summed E-state index contributed by atoms with van der Waals surface area (Å²) in [5, 5.41) is 101. The maximum Gasteiger partial charge on any atom is 0.322 e. The molecular formula is C92H148N26O28. The number of aromatic amines is 1. The monoisotopic (exact) mass is 2070 g/mol. The normalized spacial score (nSPS) is 16.4. The third-order valence-electron chi connectivity index (χ3n) is 24.1. The Morgan fingerprint density at radius 2 is 0.753 bits per heavy atom. The summed E-state index contributed by atoms with van der Waals surface area (Å²) >= 11 is 0. The number of nitrogens with two attached hydrogens (primary N) is 4. The molecule has 0 bridgehead atoms. The lowest BCUT2D eigenvalue weighted by Gasteiger charge is -2.32. The van der Waals surface area contributed by atoms with Crippen LogP contribution >= 0.6 is 0 Å². The Morgan fingerprint density at radius 1 is 0.384 bits per heavy atom. The number of carboxylic acid groups (broad SMARTS) is 4. The lowest BCUT2D eigenvalue weighted by atomic mass is 9.98. The lowest BCUT2D eigenvalue weighted by Crippen LogP contribution is -2.62. The van der Waals surface area contributed by atoms with Gasteiger partial charge in [-0.05, 0) is 172 Å². The largest absolute Gasteiger partial charge is 0.481 e. The molecule has 33 N–H and O–H groups in total. The maximum absolute atomic E-state index is 14.7. The van der Waals surface area contributed by atoms with Crippen LogP contribution < -0.4 is 119 Å². The highest BCUT2D eigenvalue weighted by molar-refractivity contribution is 6.03. The number of aliphatic carboxylic acids is 4. The molecule has 2 aliphatic rings. The molecule has 0 radical (unpaired) electrons. The second-order valence-electron chi connectivity index (χ2n) is 37.3. The molecule has 0 spiro atoms. The summed E-state index contributed by atoms with van der Waals surface area (Å²) in [4.78, 5) is 317. The van der Waals surface area contributed by atoms with Crippen LogP contribution in [0.25, 0.3) is 10.9 Å². The molecule has 54 nitrogen and oxygen atoms in total. The van der Waals surface area contributed by atoms with E-state index in [0.29, 0.717) is 12.8 Å². The number of carbonyl (C=O) groups is 23. The molecule has 2 fully saturated rings. The van der Waals surface area contributed by atoms with Crippen molar-refractivity contribution in [1.82, 2.24) is 110 Å². The van der Waals surface area contributed by atoms with Crippen LogP contribution in [0.4, 0.5) is 0 Å². The number of nitrogens with zero attached hydrogens (tertiary/aromatic N) is 2. The van der Waals surface area contributed by atoms with Crippen molar-refractivity contribution in [3.05, 3.63) is 36.0 Å². The van der Waals surface area contributed by atoms with Gasteiger partial charge in [0.05, 0.1) is 25.7 Å². The molecule has 814 valence electrons. The number of hydrogen-bond acceptors (Lipinski definition) is 28. The van der Waals surface area contributed by atoms with Gasteiger partial charge in [-0.1, -0.05) is 73.6 Å². The molecule has 3 heterocycles. The molecule has 17 atom stereocenters. The average molecular weight is 2070 g/mol. The number of hydrogen-bond donors (Lipinski definition) is 29. The second kappa shape index (κ2) is 62.4. The first-order valence-corrected chi connectivity index (χ1v) is 48.7. The standard InChI is InChI=1S/C92H148N26O28/c1-45(2)71(86(141)105-51(11)90(145)117-37-19-26-63(117)84(139)108-56(25-18-36-98-92(96)97)78(133)101-42-66(121)106-57(23-14-16-34-93)81(136)112-62(44-119)79(134)102-43-70(128)129)116-89(144)74(48(7)8)114-83(138)60(29-32-68(124)125)110-88(143)73(47(5)6)115-85(140)64-27-20-38-118(64)91(146)61(30-33-69(126)127)111-76(131)50(10)104-80(135)58(24-15-17-35-94)109-87(142)72(46(3)4)113-82(137)59(28-31-67(122)123)107-75(130)49(9)103-65(120)41-100-77(132)54(95)39-52-40-99-55-22-13-12-21-53(52)55/h12-13,21-22,40,45-51,54,56-64,71-74,99,119H,14-20,23-39,41-44,93-95H2,1-11H3,(H,100,132)(H,101,133)(H,102,134)(H,103,120)(H,104,135)(H,105,141)(H,106,121)(H,107,130)(H,108,139)(H,109,142)(H,110,143)(H,111,131)(H,112,136)(H,113,137)(H,114,138)(H,115,140)(H,116,144)(H,122,123)(H,124,125)(H,126,127)(H,128,129)(H4,96,97,98)/t49-,50-,51-,54-,56-,57-,58-,59-,60-,61-,62-,63-,64-,71-,72-,73-,74-/m0/s1. The fourth-order valence-corrected chi connectivity index (χ4v) is 15.8. The van der Waals surface area contributed by atoms with E-state index in [1.165, 1.54) is 67.2 Å². The van der Waals surface area contributed by atoms with Gasteiger partial charge in [-0.25, -0.2) is 0 Å². The summed E-state index contributed by atoms with van der Waals surface area (Å²) in [6.45, 7) is 13.0. The average Bonchev–Trinajstić information content (AvgIpc) is 1.68. The molecule has 0 aliphatic carbocycles. The first-order valence-electron chi connectivity index (χ1n) is 48.7. The van der Waals surface area contributed by atoms with Gasteiger partial charge in [0, 0.05) is 56.0 Å². The van der Waals surface area contributed by atoms with Gasteiger partial charge in [0.2, 0.25) is 112 Å². The summed E-state index contributed by atoms with van der Waals surface area (Å²) in [5.74, 6) is -27.0. The van der Waals surface area contributed by atoms with E-state index < -0.39 is 333 Å². The molecule has 19 amide bonds. The van der Waals surface area contributed by atoms with Crippen LogP contribution in [0.3, 0.4) is 0 Å². The number of benzene rings is 1. The first kappa shape index (κ1) is 124. The number of rotatable bonds is 65. The van der Waals surface area contributed by atoms with Crippen LogP contribution in [0.2, 0.25) is 0 Å². The summed E-state index contributed by atoms with van der Waals surface area (Å²) in [6, 6.07) is -17.6. The van der Waals surface area contributed by atoms with Crippen LogP contribution in [0.1, 0.15) is 197 Å². The van der Waals surface area contributed by atoms with Crippen LogP contribution in [0.15, 0.2) is 30.5 Å². The molecule has 146 heavy (non-hydrogen) atoms. The zero-order chi connectivity index (χ0) is 110. The minimum Gasteiger partial charge on any atom is -0.481 e. The maximum atomic E-state index is 14.7. The van der Waals surface area contributed by atoms with Gasteiger partial charge in [-0.2, -0.15) is 0 Å². The van der Waals surface area contributed by atoms with Gasteiger partial charge in [0.1, 0.15) is 103 Å². The number of unbranched alkanes of at least 4 members (excludes halogenated alkanes) is 2. The summed E-state index contributed by atoms with van der Waals surface area (Å²) in [5.41, 5.74) is 24.6. The molecular weight excluding hydrogens is 1920 g/mol. The van der Waals surface area contributed by atoms with Gasteiger partial charge in [0.15, 0.2) is 5.96 Å². The highest BCUT2D eigenvalue weighted by Gasteiger charge is 2.45. The number of para-hydroxylation sites is 1. The minimum absolute atomic E-state index is 0.0131. The van der Waals surface area contributed by atoms with Crippen LogP contribution in [-0.4, -0.2) is 344 Å². The minimum atomic E-state index is -1.75. The van der Waals surface area contributed by atoms with E-state index in [0.717, 1.165) is 21.4 Å². The van der Waals surface area contributed by atoms with Crippen molar-refractivity contribution in [2.24, 2.45) is 46.6 Å². The van der Waals surface area contributed by atoms with Crippen LogP contribution in [-0.2, 0) is 117 Å². The zero-order valence-electron chi connectivity index (χ0n) is 84.1. The Hall–Kier alpha value is -14.3. The second-order valence-corrected chi connectivity index (χ2v) is 37.3. The molecule has 0 saturated carbocycles. The van der Waals surface area contributed by atoms with Crippen molar-refractivity contribution in [2.45, 2.75) is 301 Å². The number of guanidine groups is 1. The number of H-pyrrole nitrogens is 1. The zero-order valence-corrected chi connectivity index (χ0v) is 84.1. The van der Waals surface area contributed by atoms with Crippen molar-refractivity contribution in [2.75, 3.05) is 59.0 Å². The van der Waals surface area contributed by atoms with Gasteiger partial charge in [-0.3, -0.25) is 116 Å². The topological polar surface area (TPSA) is 861 Å². The summed E-state index contributed by atoms with van der Waals surface area (Å²) in [6.07, 6.45) is -0.492. The van der Waals surface area contributed by atoms with Crippen molar-refractivity contribution in [3.63, 3.8) is 0 Å². The van der Waals surface area contributed by atoms with E-state index in [2.05, 4.69) is 95.4 Å². The van der Waals surface area contributed by atoms with Gasteiger partial charge < -0.3 is 159 Å². The van der Waals surface area contributed by atoms with Crippen molar-refractivity contribution < 1.29 is 136 Å². The number of carbonyl (C=O) groups excluding carboxylic acids is 19. The highest BCUT2D eigenvalue weighted by atomic mass is 16.4. The molecule has 2 aromatic rings. The number of fused-ring (bicyclic) bond motifs is 1. The predicted molar refractivity (Wildman–Crippen MR) is 522 cm³/mol. The van der Waals surface area contributed by atoms with E-state index in [-0.39, 0.29) is 103 Å². The Labute approximate surface area is 843 Å². The smallest absolute Gasteiger partial charge is 0.322 e. The van der Waals surface area contributed by atoms with Crippen molar-refractivity contribution in [1.29, 1.82) is 5.41 Å². The predicted octanol–water partition coefficient (Wildman–Crippen LogP) is -7.97. The Bertz CT molecular complexity index is 4900. The quantitative estimate of drug-likeness (QED) is 0.0166. The number of aliphatic hydroxyl groups excluding tert-OH is 1. The molecule has 54 heteroatoms. The first-order chi connectivity index (χ1) is 68.7. The number of aliphatic hydroxyl groups is 1. The third-order valence-corrected chi connectivity index (χ3v) is 24.1. The molecule has 0 unspecified atom stereocenters. The van der Waals surface area contributed by atoms with E-state index in [1.807, 2.05) is 29.6 Å². The Kier molecular flexibility index (Phi) is 53.0. The Balaban J connectivity index is 1.44. The molecule has 1 aromatic carbocycles. The number of amides is 19. The fraction of sp³-hybridized carbons (Fsp3) is 0.652. The van der Waals surface area contributed by atoms with E-state index in [1.54, 1.807) is 20.0 Å². The molecule has 2 saturated heterocycles. The van der Waals surface area contributed by atoms with Gasteiger partial charge >= 0.3 is 23.9 Å². The van der Waals surface area contributed by atoms with Crippen molar-refractivity contribution in [3.8, 4) is 0 Å². The van der Waals surface area contributed by atoms with Gasteiger partial charge in [0.25, 0.3) is 0 Å².